The van der Waals surface area contributed by atoms with Crippen LogP contribution in [0.3, 0.4) is 0 Å². The van der Waals surface area contributed by atoms with Crippen LogP contribution in [-0.4, -0.2) is 19.1 Å². The third-order valence-corrected chi connectivity index (χ3v) is 4.00. The number of nitrogens with one attached hydrogen (secondary N) is 2. The topological polar surface area (TPSA) is 37.0 Å². The van der Waals surface area contributed by atoms with E-state index in [0.29, 0.717) is 0 Å². The van der Waals surface area contributed by atoms with Gasteiger partial charge in [-0.25, -0.2) is 0 Å². The number of benzene rings is 1. The van der Waals surface area contributed by atoms with Crippen molar-refractivity contribution in [2.45, 2.75) is 19.9 Å². The minimum Gasteiger partial charge on any atom is -0.497 e. The number of fused-ring (bicyclic) bond motifs is 1. The molecule has 1 aromatic heterocycles. The summed E-state index contributed by atoms with van der Waals surface area (Å²) in [7, 11) is 3.65. The summed E-state index contributed by atoms with van der Waals surface area (Å²) in [5.41, 5.74) is 3.52. The number of methoxy groups -OCH3 is 1. The van der Waals surface area contributed by atoms with Crippen molar-refractivity contribution in [2.75, 3.05) is 14.2 Å². The number of aromatic amines is 1. The van der Waals surface area contributed by atoms with Crippen LogP contribution in [0.2, 0.25) is 0 Å². The molecule has 0 amide bonds. The lowest BCUT2D eigenvalue weighted by molar-refractivity contribution is 0.415. The summed E-state index contributed by atoms with van der Waals surface area (Å²) >= 11 is 3.66. The molecule has 4 heteroatoms. The number of rotatable bonds is 3. The molecule has 1 aromatic carbocycles. The van der Waals surface area contributed by atoms with Crippen molar-refractivity contribution in [2.24, 2.45) is 0 Å². The first kappa shape index (κ1) is 12.5. The van der Waals surface area contributed by atoms with Gasteiger partial charge in [0, 0.05) is 21.6 Å². The van der Waals surface area contributed by atoms with E-state index in [4.69, 9.17) is 4.74 Å². The number of H-pyrrole nitrogens is 1. The molecule has 0 aliphatic rings. The summed E-state index contributed by atoms with van der Waals surface area (Å²) < 4.78 is 6.41. The van der Waals surface area contributed by atoms with Crippen LogP contribution in [0.5, 0.6) is 5.75 Å². The molecule has 2 N–H and O–H groups in total. The fraction of sp³-hybridized carbons (Fsp3) is 0.385. The van der Waals surface area contributed by atoms with Crippen molar-refractivity contribution < 1.29 is 4.74 Å². The molecule has 0 spiro atoms. The SMILES string of the molecule is CNC(C)c1[nH]c2c(C)cc(OC)cc2c1Br. The first-order valence-electron chi connectivity index (χ1n) is 5.61. The summed E-state index contributed by atoms with van der Waals surface area (Å²) in [6, 6.07) is 4.37. The summed E-state index contributed by atoms with van der Waals surface area (Å²) in [6.45, 7) is 4.21. The van der Waals surface area contributed by atoms with Crippen LogP contribution < -0.4 is 10.1 Å². The molecule has 0 fully saturated rings. The molecule has 1 atom stereocenters. The number of ether oxygens (including phenoxy) is 1. The first-order valence-corrected chi connectivity index (χ1v) is 6.40. The number of hydrogen-bond acceptors (Lipinski definition) is 2. The van der Waals surface area contributed by atoms with Gasteiger partial charge < -0.3 is 15.0 Å². The maximum Gasteiger partial charge on any atom is 0.119 e. The Bertz CT molecular complexity index is 548. The molecule has 0 aliphatic carbocycles. The van der Waals surface area contributed by atoms with Gasteiger partial charge in [0.05, 0.1) is 12.6 Å². The monoisotopic (exact) mass is 296 g/mol. The van der Waals surface area contributed by atoms with Gasteiger partial charge in [-0.15, -0.1) is 0 Å². The van der Waals surface area contributed by atoms with Crippen LogP contribution in [0.1, 0.15) is 24.2 Å². The van der Waals surface area contributed by atoms with Crippen molar-refractivity contribution >= 4 is 26.8 Å². The number of halogens is 1. The molecular formula is C13H17BrN2O. The Kier molecular flexibility index (Phi) is 3.45. The largest absolute Gasteiger partial charge is 0.497 e. The second-order valence-corrected chi connectivity index (χ2v) is 5.02. The van der Waals surface area contributed by atoms with Gasteiger partial charge in [0.15, 0.2) is 0 Å². The highest BCUT2D eigenvalue weighted by Gasteiger charge is 2.15. The minimum absolute atomic E-state index is 0.280. The highest BCUT2D eigenvalue weighted by molar-refractivity contribution is 9.10. The third kappa shape index (κ3) is 2.07. The molecule has 1 heterocycles. The molecule has 0 saturated heterocycles. The van der Waals surface area contributed by atoms with Crippen molar-refractivity contribution in [3.8, 4) is 5.75 Å². The first-order chi connectivity index (χ1) is 8.08. The van der Waals surface area contributed by atoms with Gasteiger partial charge in [-0.1, -0.05) is 0 Å². The van der Waals surface area contributed by atoms with Crippen LogP contribution in [0.4, 0.5) is 0 Å². The maximum atomic E-state index is 5.30. The average molecular weight is 297 g/mol. The Morgan fingerprint density at radius 3 is 2.71 bits per heavy atom. The van der Waals surface area contributed by atoms with Crippen LogP contribution in [0.15, 0.2) is 16.6 Å². The smallest absolute Gasteiger partial charge is 0.119 e. The highest BCUT2D eigenvalue weighted by atomic mass is 79.9. The van der Waals surface area contributed by atoms with E-state index in [0.717, 1.165) is 15.7 Å². The lowest BCUT2D eigenvalue weighted by atomic mass is 10.1. The predicted octanol–water partition coefficient (Wildman–Crippen LogP) is 3.53. The van der Waals surface area contributed by atoms with Gasteiger partial charge in [0.25, 0.3) is 0 Å². The Labute approximate surface area is 110 Å². The zero-order chi connectivity index (χ0) is 12.6. The van der Waals surface area contributed by atoms with E-state index in [1.54, 1.807) is 7.11 Å². The fourth-order valence-corrected chi connectivity index (χ4v) is 2.74. The normalized spacial score (nSPS) is 13.0. The van der Waals surface area contributed by atoms with Gasteiger partial charge in [-0.05, 0) is 54.5 Å². The minimum atomic E-state index is 0.280. The van der Waals surface area contributed by atoms with Crippen LogP contribution >= 0.6 is 15.9 Å². The Hall–Kier alpha value is -1.00. The van der Waals surface area contributed by atoms with Crippen LogP contribution in [0.25, 0.3) is 10.9 Å². The van der Waals surface area contributed by atoms with Crippen LogP contribution in [0, 0.1) is 6.92 Å². The Morgan fingerprint density at radius 2 is 2.12 bits per heavy atom. The fourth-order valence-electron chi connectivity index (χ4n) is 1.99. The average Bonchev–Trinajstić information content (AvgIpc) is 2.67. The number of hydrogen-bond donors (Lipinski definition) is 2. The number of aryl methyl sites for hydroxylation is 1. The molecule has 0 bridgehead atoms. The summed E-state index contributed by atoms with van der Waals surface area (Å²) in [5, 5.41) is 4.40. The lowest BCUT2D eigenvalue weighted by Crippen LogP contribution is -2.12. The molecule has 2 aromatic rings. The van der Waals surface area contributed by atoms with E-state index < -0.39 is 0 Å². The molecule has 17 heavy (non-hydrogen) atoms. The molecule has 1 unspecified atom stereocenters. The molecule has 0 radical (unpaired) electrons. The summed E-state index contributed by atoms with van der Waals surface area (Å²) in [4.78, 5) is 3.47. The molecule has 0 saturated carbocycles. The van der Waals surface area contributed by atoms with Crippen molar-refractivity contribution in [3.63, 3.8) is 0 Å². The maximum absolute atomic E-state index is 5.30. The van der Waals surface area contributed by atoms with E-state index in [9.17, 15) is 0 Å². The van der Waals surface area contributed by atoms with Gasteiger partial charge in [0.2, 0.25) is 0 Å². The summed E-state index contributed by atoms with van der Waals surface area (Å²) in [5.74, 6) is 0.887. The van der Waals surface area contributed by atoms with Gasteiger partial charge >= 0.3 is 0 Å². The van der Waals surface area contributed by atoms with Crippen molar-refractivity contribution in [3.05, 3.63) is 27.9 Å². The van der Waals surface area contributed by atoms with E-state index in [1.165, 1.54) is 16.6 Å². The predicted molar refractivity (Wildman–Crippen MR) is 74.8 cm³/mol. The number of aromatic nitrogens is 1. The molecule has 3 nitrogen and oxygen atoms in total. The molecule has 0 aliphatic heterocycles. The zero-order valence-corrected chi connectivity index (χ0v) is 12.1. The standard InChI is InChI=1S/C13H17BrN2O/c1-7-5-9(17-4)6-10-11(14)13(8(2)15-3)16-12(7)10/h5-6,8,15-16H,1-4H3. The van der Waals surface area contributed by atoms with E-state index in [-0.39, 0.29) is 6.04 Å². The summed E-state index contributed by atoms with van der Waals surface area (Å²) in [6.07, 6.45) is 0. The van der Waals surface area contributed by atoms with E-state index >= 15 is 0 Å². The quantitative estimate of drug-likeness (QED) is 0.909. The highest BCUT2D eigenvalue weighted by Crippen LogP contribution is 2.35. The Morgan fingerprint density at radius 1 is 1.41 bits per heavy atom. The molecular weight excluding hydrogens is 280 g/mol. The third-order valence-electron chi connectivity index (χ3n) is 3.14. The zero-order valence-electron chi connectivity index (χ0n) is 10.5. The second-order valence-electron chi connectivity index (χ2n) is 4.23. The second kappa shape index (κ2) is 4.70. The van der Waals surface area contributed by atoms with Crippen LogP contribution in [-0.2, 0) is 0 Å². The van der Waals surface area contributed by atoms with Gasteiger partial charge in [-0.2, -0.15) is 0 Å². The molecule has 92 valence electrons. The lowest BCUT2D eigenvalue weighted by Gasteiger charge is -2.08. The van der Waals surface area contributed by atoms with Gasteiger partial charge in [-0.3, -0.25) is 0 Å². The molecule has 2 rings (SSSR count). The Balaban J connectivity index is 2.69. The van der Waals surface area contributed by atoms with Crippen molar-refractivity contribution in [1.29, 1.82) is 0 Å². The van der Waals surface area contributed by atoms with Crippen molar-refractivity contribution in [1.82, 2.24) is 10.3 Å². The van der Waals surface area contributed by atoms with E-state index in [2.05, 4.69) is 46.1 Å². The van der Waals surface area contributed by atoms with Gasteiger partial charge in [0.1, 0.15) is 5.75 Å². The van der Waals surface area contributed by atoms with E-state index in [1.807, 2.05) is 13.1 Å².